The van der Waals surface area contributed by atoms with Gasteiger partial charge in [-0.15, -0.1) is 0 Å². The van der Waals surface area contributed by atoms with E-state index in [2.05, 4.69) is 16.7 Å². The topological polar surface area (TPSA) is 79.1 Å². The van der Waals surface area contributed by atoms with E-state index in [4.69, 9.17) is 17.0 Å². The van der Waals surface area contributed by atoms with E-state index in [9.17, 15) is 10.1 Å². The third-order valence-corrected chi connectivity index (χ3v) is 3.98. The Kier molecular flexibility index (Phi) is 4.52. The van der Waals surface area contributed by atoms with E-state index >= 15 is 0 Å². The Balaban J connectivity index is 2.56. The SMILES string of the molecule is CCOC(=O)C1=C(C)NC(=S)N[C@H]1c1cc(C#N)n(C)c1C. The molecule has 0 saturated carbocycles. The molecule has 0 aromatic carbocycles. The first-order valence-corrected chi connectivity index (χ1v) is 7.33. The Bertz CT molecular complexity index is 712. The highest BCUT2D eigenvalue weighted by Crippen LogP contribution is 2.31. The molecule has 1 aliphatic rings. The summed E-state index contributed by atoms with van der Waals surface area (Å²) in [4.78, 5) is 12.3. The molecule has 1 aromatic heterocycles. The highest BCUT2D eigenvalue weighted by Gasteiger charge is 2.33. The maximum absolute atomic E-state index is 12.3. The van der Waals surface area contributed by atoms with E-state index in [1.807, 2.05) is 14.0 Å². The van der Waals surface area contributed by atoms with Gasteiger partial charge in [0.1, 0.15) is 11.8 Å². The second-order valence-electron chi connectivity index (χ2n) is 5.03. The van der Waals surface area contributed by atoms with Crippen molar-refractivity contribution in [3.8, 4) is 6.07 Å². The first kappa shape index (κ1) is 16.0. The Morgan fingerprint density at radius 2 is 2.23 bits per heavy atom. The van der Waals surface area contributed by atoms with E-state index in [0.717, 1.165) is 11.3 Å². The average molecular weight is 318 g/mol. The van der Waals surface area contributed by atoms with Crippen LogP contribution in [0.3, 0.4) is 0 Å². The quantitative estimate of drug-likeness (QED) is 0.650. The molecule has 0 saturated heterocycles. The predicted octanol–water partition coefficient (Wildman–Crippen LogP) is 1.56. The van der Waals surface area contributed by atoms with Gasteiger partial charge in [-0.3, -0.25) is 0 Å². The lowest BCUT2D eigenvalue weighted by Gasteiger charge is -2.29. The van der Waals surface area contributed by atoms with Crippen LogP contribution in [0, 0.1) is 18.3 Å². The van der Waals surface area contributed by atoms with Gasteiger partial charge in [0.2, 0.25) is 0 Å². The van der Waals surface area contributed by atoms with Crippen molar-refractivity contribution in [3.63, 3.8) is 0 Å². The van der Waals surface area contributed by atoms with Crippen LogP contribution in [0.4, 0.5) is 0 Å². The van der Waals surface area contributed by atoms with Crippen molar-refractivity contribution >= 4 is 23.3 Å². The maximum atomic E-state index is 12.3. The van der Waals surface area contributed by atoms with Crippen LogP contribution in [0.25, 0.3) is 0 Å². The molecule has 7 heteroatoms. The molecule has 0 unspecified atom stereocenters. The average Bonchev–Trinajstić information content (AvgIpc) is 2.74. The molecular formula is C15H18N4O2S. The third kappa shape index (κ3) is 2.70. The van der Waals surface area contributed by atoms with Crippen molar-refractivity contribution < 1.29 is 9.53 Å². The van der Waals surface area contributed by atoms with Crippen molar-refractivity contribution in [1.82, 2.24) is 15.2 Å². The van der Waals surface area contributed by atoms with Gasteiger partial charge in [0, 0.05) is 24.0 Å². The van der Waals surface area contributed by atoms with Crippen LogP contribution in [0.15, 0.2) is 17.3 Å². The summed E-state index contributed by atoms with van der Waals surface area (Å²) in [6.45, 7) is 5.75. The molecule has 0 aliphatic carbocycles. The molecule has 1 aromatic rings. The van der Waals surface area contributed by atoms with Crippen LogP contribution in [0.1, 0.15) is 36.8 Å². The number of nitrogens with one attached hydrogen (secondary N) is 2. The van der Waals surface area contributed by atoms with Gasteiger partial charge < -0.3 is 19.9 Å². The van der Waals surface area contributed by atoms with E-state index in [-0.39, 0.29) is 0 Å². The minimum atomic E-state index is -0.430. The normalized spacial score (nSPS) is 17.6. The second-order valence-corrected chi connectivity index (χ2v) is 5.44. The Hall–Kier alpha value is -2.33. The summed E-state index contributed by atoms with van der Waals surface area (Å²) in [7, 11) is 1.82. The fourth-order valence-electron chi connectivity index (χ4n) is 2.53. The molecule has 6 nitrogen and oxygen atoms in total. The Morgan fingerprint density at radius 3 is 2.77 bits per heavy atom. The number of aromatic nitrogens is 1. The molecule has 1 aliphatic heterocycles. The molecule has 116 valence electrons. The zero-order valence-electron chi connectivity index (χ0n) is 13.0. The fraction of sp³-hybridized carbons (Fsp3) is 0.400. The number of esters is 1. The van der Waals surface area contributed by atoms with Gasteiger partial charge in [0.05, 0.1) is 18.2 Å². The van der Waals surface area contributed by atoms with Crippen molar-refractivity contribution in [2.75, 3.05) is 6.61 Å². The standard InChI is InChI=1S/C15H18N4O2S/c1-5-21-14(20)12-8(2)17-15(22)18-13(12)11-6-10(7-16)19(4)9(11)3/h6,13H,5H2,1-4H3,(H2,17,18,22)/t13-/m0/s1. The van der Waals surface area contributed by atoms with Gasteiger partial charge in [0.15, 0.2) is 5.11 Å². The Labute approximate surface area is 134 Å². The smallest absolute Gasteiger partial charge is 0.338 e. The summed E-state index contributed by atoms with van der Waals surface area (Å²) in [5.74, 6) is -0.394. The zero-order valence-corrected chi connectivity index (χ0v) is 13.8. The van der Waals surface area contributed by atoms with Crippen molar-refractivity contribution in [2.24, 2.45) is 7.05 Å². The Morgan fingerprint density at radius 1 is 1.55 bits per heavy atom. The molecule has 1 atom stereocenters. The van der Waals surface area contributed by atoms with Gasteiger partial charge in [-0.2, -0.15) is 5.26 Å². The first-order chi connectivity index (χ1) is 10.4. The third-order valence-electron chi connectivity index (χ3n) is 3.76. The lowest BCUT2D eigenvalue weighted by atomic mass is 9.96. The predicted molar refractivity (Wildman–Crippen MR) is 85.8 cm³/mol. The van der Waals surface area contributed by atoms with E-state index in [1.165, 1.54) is 0 Å². The minimum Gasteiger partial charge on any atom is -0.463 e. The minimum absolute atomic E-state index is 0.296. The van der Waals surface area contributed by atoms with Gasteiger partial charge >= 0.3 is 5.97 Å². The number of carbonyl (C=O) groups is 1. The van der Waals surface area contributed by atoms with Crippen LogP contribution >= 0.6 is 12.2 Å². The highest BCUT2D eigenvalue weighted by molar-refractivity contribution is 7.80. The zero-order chi connectivity index (χ0) is 16.4. The first-order valence-electron chi connectivity index (χ1n) is 6.92. The molecular weight excluding hydrogens is 300 g/mol. The van der Waals surface area contributed by atoms with E-state index in [0.29, 0.717) is 28.7 Å². The number of nitriles is 1. The summed E-state index contributed by atoms with van der Waals surface area (Å²) >= 11 is 5.19. The largest absolute Gasteiger partial charge is 0.463 e. The van der Waals surface area contributed by atoms with Crippen molar-refractivity contribution in [2.45, 2.75) is 26.8 Å². The maximum Gasteiger partial charge on any atom is 0.338 e. The molecule has 2 rings (SSSR count). The molecule has 0 fully saturated rings. The van der Waals surface area contributed by atoms with Gasteiger partial charge in [-0.1, -0.05) is 0 Å². The molecule has 0 spiro atoms. The lowest BCUT2D eigenvalue weighted by Crippen LogP contribution is -2.45. The number of thiocarbonyl (C=S) groups is 1. The molecule has 0 bridgehead atoms. The summed E-state index contributed by atoms with van der Waals surface area (Å²) in [6.07, 6.45) is 0. The van der Waals surface area contributed by atoms with Crippen LogP contribution in [-0.4, -0.2) is 22.3 Å². The highest BCUT2D eigenvalue weighted by atomic mass is 32.1. The molecule has 0 amide bonds. The summed E-state index contributed by atoms with van der Waals surface area (Å²) < 4.78 is 6.94. The van der Waals surface area contributed by atoms with Gasteiger partial charge in [-0.25, -0.2) is 4.79 Å². The van der Waals surface area contributed by atoms with Gasteiger partial charge in [-0.05, 0) is 39.1 Å². The molecule has 22 heavy (non-hydrogen) atoms. The number of nitrogens with zero attached hydrogens (tertiary/aromatic N) is 2. The monoisotopic (exact) mass is 318 g/mol. The van der Waals surface area contributed by atoms with Crippen molar-refractivity contribution in [1.29, 1.82) is 5.26 Å². The number of allylic oxidation sites excluding steroid dienone is 1. The number of rotatable bonds is 3. The molecule has 2 N–H and O–H groups in total. The number of ether oxygens (including phenoxy) is 1. The summed E-state index contributed by atoms with van der Waals surface area (Å²) in [6, 6.07) is 3.48. The van der Waals surface area contributed by atoms with E-state index in [1.54, 1.807) is 24.5 Å². The molecule has 2 heterocycles. The number of hydrogen-bond acceptors (Lipinski definition) is 4. The lowest BCUT2D eigenvalue weighted by molar-refractivity contribution is -0.139. The second kappa shape index (κ2) is 6.20. The van der Waals surface area contributed by atoms with E-state index < -0.39 is 12.0 Å². The van der Waals surface area contributed by atoms with Crippen LogP contribution in [-0.2, 0) is 16.6 Å². The fourth-order valence-corrected chi connectivity index (χ4v) is 2.80. The van der Waals surface area contributed by atoms with Crippen molar-refractivity contribution in [3.05, 3.63) is 34.3 Å². The molecule has 0 radical (unpaired) electrons. The van der Waals surface area contributed by atoms with Crippen LogP contribution in [0.2, 0.25) is 0 Å². The van der Waals surface area contributed by atoms with Gasteiger partial charge in [0.25, 0.3) is 0 Å². The summed E-state index contributed by atoms with van der Waals surface area (Å²) in [5, 5.41) is 15.7. The van der Waals surface area contributed by atoms with Crippen LogP contribution < -0.4 is 10.6 Å². The number of carbonyl (C=O) groups excluding carboxylic acids is 1. The van der Waals surface area contributed by atoms with Crippen LogP contribution in [0.5, 0.6) is 0 Å². The number of hydrogen-bond donors (Lipinski definition) is 2. The summed E-state index contributed by atoms with van der Waals surface area (Å²) in [5.41, 5.74) is 3.40.